The highest BCUT2D eigenvalue weighted by atomic mass is 32.1. The average molecular weight is 463 g/mol. The number of imidazole rings is 1. The van der Waals surface area contributed by atoms with Gasteiger partial charge in [-0.2, -0.15) is 0 Å². The number of carbonyl (C=O) groups is 1. The summed E-state index contributed by atoms with van der Waals surface area (Å²) in [6.07, 6.45) is 2.00. The van der Waals surface area contributed by atoms with Gasteiger partial charge in [0.05, 0.1) is 25.6 Å². The first-order valence-corrected chi connectivity index (χ1v) is 11.7. The van der Waals surface area contributed by atoms with Gasteiger partial charge < -0.3 is 19.3 Å². The van der Waals surface area contributed by atoms with E-state index in [0.29, 0.717) is 13.1 Å². The van der Waals surface area contributed by atoms with Crippen LogP contribution < -0.4 is 14.4 Å². The van der Waals surface area contributed by atoms with Crippen molar-refractivity contribution < 1.29 is 14.3 Å². The minimum Gasteiger partial charge on any atom is -0.497 e. The van der Waals surface area contributed by atoms with E-state index < -0.39 is 0 Å². The zero-order valence-corrected chi connectivity index (χ0v) is 19.8. The van der Waals surface area contributed by atoms with Gasteiger partial charge in [-0.15, -0.1) is 0 Å². The molecule has 1 aliphatic heterocycles. The van der Waals surface area contributed by atoms with Crippen molar-refractivity contribution in [2.24, 2.45) is 0 Å². The van der Waals surface area contributed by atoms with Crippen LogP contribution in [-0.2, 0) is 0 Å². The van der Waals surface area contributed by atoms with E-state index in [2.05, 4.69) is 11.0 Å². The van der Waals surface area contributed by atoms with Crippen molar-refractivity contribution in [3.63, 3.8) is 0 Å². The summed E-state index contributed by atoms with van der Waals surface area (Å²) >= 11 is 1.45. The standard InChI is InChI=1S/C25H26N4O3S/c1-17-23(33-25-26-20(16-29(17)25)18-8-10-19(31-2)11-9-18)24(30)28-14-12-27(13-15-28)21-6-4-5-7-22(21)32-3/h4-11,16H,12-15H2,1-3H3. The Balaban J connectivity index is 1.32. The van der Waals surface area contributed by atoms with E-state index in [9.17, 15) is 4.79 Å². The van der Waals surface area contributed by atoms with E-state index >= 15 is 0 Å². The maximum absolute atomic E-state index is 13.3. The molecular weight excluding hydrogens is 436 g/mol. The second-order valence-corrected chi connectivity index (χ2v) is 8.95. The van der Waals surface area contributed by atoms with Crippen LogP contribution in [0.3, 0.4) is 0 Å². The number of nitrogens with zero attached hydrogens (tertiary/aromatic N) is 4. The number of para-hydroxylation sites is 2. The highest BCUT2D eigenvalue weighted by Gasteiger charge is 2.27. The molecule has 0 N–H and O–H groups in total. The third-order valence-electron chi connectivity index (χ3n) is 6.13. The first-order chi connectivity index (χ1) is 16.1. The molecular formula is C25H26N4O3S. The number of aromatic nitrogens is 2. The molecule has 8 heteroatoms. The maximum Gasteiger partial charge on any atom is 0.265 e. The molecule has 7 nitrogen and oxygen atoms in total. The zero-order chi connectivity index (χ0) is 22.9. The van der Waals surface area contributed by atoms with Crippen LogP contribution >= 0.6 is 11.3 Å². The van der Waals surface area contributed by atoms with E-state index in [1.165, 1.54) is 11.3 Å². The van der Waals surface area contributed by atoms with Crippen LogP contribution in [-0.4, -0.2) is 60.6 Å². The van der Waals surface area contributed by atoms with Crippen LogP contribution in [0.1, 0.15) is 15.4 Å². The summed E-state index contributed by atoms with van der Waals surface area (Å²) in [7, 11) is 3.34. The van der Waals surface area contributed by atoms with Gasteiger partial charge in [-0.3, -0.25) is 9.20 Å². The largest absolute Gasteiger partial charge is 0.497 e. The SMILES string of the molecule is COc1ccc(-c2cn3c(C)c(C(=O)N4CCN(c5ccccc5OC)CC4)sc3n2)cc1. The van der Waals surface area contributed by atoms with Crippen molar-refractivity contribution in [1.29, 1.82) is 0 Å². The lowest BCUT2D eigenvalue weighted by Gasteiger charge is -2.36. The quantitative estimate of drug-likeness (QED) is 0.441. The van der Waals surface area contributed by atoms with Crippen LogP contribution in [0.5, 0.6) is 11.5 Å². The highest BCUT2D eigenvalue weighted by molar-refractivity contribution is 7.19. The van der Waals surface area contributed by atoms with Gasteiger partial charge in [-0.05, 0) is 43.3 Å². The molecule has 1 saturated heterocycles. The minimum absolute atomic E-state index is 0.0775. The predicted octanol–water partition coefficient (Wildman–Crippen LogP) is 4.35. The van der Waals surface area contributed by atoms with Gasteiger partial charge in [0.25, 0.3) is 5.91 Å². The molecule has 1 amide bonds. The fourth-order valence-electron chi connectivity index (χ4n) is 4.23. The topological polar surface area (TPSA) is 59.3 Å². The number of methoxy groups -OCH3 is 2. The van der Waals surface area contributed by atoms with Gasteiger partial charge in [0.15, 0.2) is 4.96 Å². The molecule has 2 aromatic heterocycles. The monoisotopic (exact) mass is 462 g/mol. The number of anilines is 1. The van der Waals surface area contributed by atoms with Crippen molar-refractivity contribution in [3.8, 4) is 22.8 Å². The van der Waals surface area contributed by atoms with Crippen molar-refractivity contribution in [2.75, 3.05) is 45.3 Å². The number of ether oxygens (including phenoxy) is 2. The summed E-state index contributed by atoms with van der Waals surface area (Å²) in [5.74, 6) is 1.75. The van der Waals surface area contributed by atoms with Crippen LogP contribution in [0.4, 0.5) is 5.69 Å². The number of piperazine rings is 1. The Morgan fingerprint density at radius 3 is 2.36 bits per heavy atom. The van der Waals surface area contributed by atoms with Crippen LogP contribution in [0.15, 0.2) is 54.7 Å². The molecule has 5 rings (SSSR count). The van der Waals surface area contributed by atoms with Crippen molar-refractivity contribution in [3.05, 3.63) is 65.3 Å². The second kappa shape index (κ2) is 8.78. The van der Waals surface area contributed by atoms with E-state index in [1.54, 1.807) is 14.2 Å². The Hall–Kier alpha value is -3.52. The molecule has 0 spiro atoms. The molecule has 0 bridgehead atoms. The number of aryl methyl sites for hydroxylation is 1. The predicted molar refractivity (Wildman–Crippen MR) is 131 cm³/mol. The van der Waals surface area contributed by atoms with Gasteiger partial charge in [-0.1, -0.05) is 23.5 Å². The summed E-state index contributed by atoms with van der Waals surface area (Å²) < 4.78 is 12.8. The average Bonchev–Trinajstić information content (AvgIpc) is 3.43. The third-order valence-corrected chi connectivity index (χ3v) is 7.27. The Morgan fingerprint density at radius 2 is 1.70 bits per heavy atom. The lowest BCUT2D eigenvalue weighted by Crippen LogP contribution is -2.48. The molecule has 0 saturated carbocycles. The molecule has 0 aliphatic carbocycles. The molecule has 4 aromatic rings. The zero-order valence-electron chi connectivity index (χ0n) is 18.9. The molecule has 33 heavy (non-hydrogen) atoms. The number of benzene rings is 2. The molecule has 3 heterocycles. The Kier molecular flexibility index (Phi) is 5.68. The Labute approximate surface area is 196 Å². The van der Waals surface area contributed by atoms with Gasteiger partial charge in [0, 0.05) is 43.6 Å². The molecule has 1 aliphatic rings. The summed E-state index contributed by atoms with van der Waals surface area (Å²) in [5, 5.41) is 0. The Morgan fingerprint density at radius 1 is 0.970 bits per heavy atom. The number of hydrogen-bond donors (Lipinski definition) is 0. The molecule has 0 atom stereocenters. The van der Waals surface area contributed by atoms with Crippen molar-refractivity contribution >= 4 is 27.9 Å². The molecule has 0 radical (unpaired) electrons. The highest BCUT2D eigenvalue weighted by Crippen LogP contribution is 2.31. The fourth-order valence-corrected chi connectivity index (χ4v) is 5.31. The summed E-state index contributed by atoms with van der Waals surface area (Å²) in [6, 6.07) is 15.9. The van der Waals surface area contributed by atoms with E-state index in [-0.39, 0.29) is 5.91 Å². The Bertz CT molecular complexity index is 1290. The minimum atomic E-state index is 0.0775. The van der Waals surface area contributed by atoms with Gasteiger partial charge >= 0.3 is 0 Å². The number of amides is 1. The number of carbonyl (C=O) groups excluding carboxylic acids is 1. The summed E-state index contributed by atoms with van der Waals surface area (Å²) in [6.45, 7) is 4.88. The first kappa shape index (κ1) is 21.3. The van der Waals surface area contributed by atoms with Crippen LogP contribution in [0, 0.1) is 6.92 Å². The van der Waals surface area contributed by atoms with Gasteiger partial charge in [0.1, 0.15) is 16.4 Å². The van der Waals surface area contributed by atoms with E-state index in [0.717, 1.165) is 57.1 Å². The van der Waals surface area contributed by atoms with Gasteiger partial charge in [-0.25, -0.2) is 4.98 Å². The van der Waals surface area contributed by atoms with E-state index in [1.807, 2.05) is 64.9 Å². The molecule has 2 aromatic carbocycles. The number of fused-ring (bicyclic) bond motifs is 1. The van der Waals surface area contributed by atoms with Crippen molar-refractivity contribution in [2.45, 2.75) is 6.92 Å². The van der Waals surface area contributed by atoms with Crippen LogP contribution in [0.2, 0.25) is 0 Å². The molecule has 1 fully saturated rings. The molecule has 0 unspecified atom stereocenters. The number of hydrogen-bond acceptors (Lipinski definition) is 6. The van der Waals surface area contributed by atoms with Gasteiger partial charge in [0.2, 0.25) is 0 Å². The lowest BCUT2D eigenvalue weighted by atomic mass is 10.2. The normalized spacial score (nSPS) is 14.0. The molecule has 170 valence electrons. The first-order valence-electron chi connectivity index (χ1n) is 10.9. The van der Waals surface area contributed by atoms with Crippen LogP contribution in [0.25, 0.3) is 16.2 Å². The van der Waals surface area contributed by atoms with E-state index in [4.69, 9.17) is 14.5 Å². The summed E-state index contributed by atoms with van der Waals surface area (Å²) in [5.41, 5.74) is 3.91. The number of rotatable bonds is 5. The third kappa shape index (κ3) is 3.91. The summed E-state index contributed by atoms with van der Waals surface area (Å²) in [4.78, 5) is 23.9. The maximum atomic E-state index is 13.3. The fraction of sp³-hybridized carbons (Fsp3) is 0.280. The lowest BCUT2D eigenvalue weighted by molar-refractivity contribution is 0.0750. The number of thiazole rings is 1. The second-order valence-electron chi connectivity index (χ2n) is 7.97. The van der Waals surface area contributed by atoms with Crippen molar-refractivity contribution in [1.82, 2.24) is 14.3 Å². The smallest absolute Gasteiger partial charge is 0.265 e.